The quantitative estimate of drug-likeness (QED) is 0.861. The molecule has 0 spiro atoms. The van der Waals surface area contributed by atoms with Crippen LogP contribution in [0.4, 0.5) is 0 Å². The Hall–Kier alpha value is -0.130. The highest BCUT2D eigenvalue weighted by atomic mass is 32.2. The maximum atomic E-state index is 11.7. The largest absolute Gasteiger partial charge is 0.374 e. The van der Waals surface area contributed by atoms with Crippen LogP contribution in [0.3, 0.4) is 0 Å². The topological polar surface area (TPSA) is 69.4 Å². The summed E-state index contributed by atoms with van der Waals surface area (Å²) in [6, 6.07) is -0.0441. The molecular formula is C14H27NO3S. The van der Waals surface area contributed by atoms with Crippen LogP contribution in [0.15, 0.2) is 0 Å². The highest BCUT2D eigenvalue weighted by Gasteiger charge is 2.41. The van der Waals surface area contributed by atoms with Crippen LogP contribution in [-0.2, 0) is 14.6 Å². The summed E-state index contributed by atoms with van der Waals surface area (Å²) >= 11 is 0. The summed E-state index contributed by atoms with van der Waals surface area (Å²) in [6.45, 7) is 2.88. The number of hydrogen-bond acceptors (Lipinski definition) is 4. The molecule has 2 fully saturated rings. The summed E-state index contributed by atoms with van der Waals surface area (Å²) in [4.78, 5) is 0. The Morgan fingerprint density at radius 1 is 1.26 bits per heavy atom. The normalized spacial score (nSPS) is 38.9. The van der Waals surface area contributed by atoms with Gasteiger partial charge in [0.15, 0.2) is 0 Å². The smallest absolute Gasteiger partial charge is 0.150 e. The summed E-state index contributed by atoms with van der Waals surface area (Å²) < 4.78 is 29.4. The van der Waals surface area contributed by atoms with Crippen LogP contribution >= 0.6 is 0 Å². The molecule has 4 unspecified atom stereocenters. The van der Waals surface area contributed by atoms with E-state index in [4.69, 9.17) is 10.5 Å². The number of ether oxygens (including phenoxy) is 1. The molecule has 0 amide bonds. The predicted molar refractivity (Wildman–Crippen MR) is 76.8 cm³/mol. The molecular weight excluding hydrogens is 262 g/mol. The third kappa shape index (κ3) is 3.50. The fourth-order valence-corrected chi connectivity index (χ4v) is 4.80. The zero-order chi connectivity index (χ0) is 14.1. The fourth-order valence-electron chi connectivity index (χ4n) is 3.61. The number of nitrogens with two attached hydrogens (primary N) is 1. The number of sulfone groups is 1. The van der Waals surface area contributed by atoms with Crippen LogP contribution in [0, 0.1) is 5.92 Å². The standard InChI is InChI=1S/C14H27NO3S/c1-14(8-3-4-9-18-14)13(15)11-6-5-7-12(10-11)19(2,16)17/h11-13H,3-10,15H2,1-2H3. The maximum absolute atomic E-state index is 11.7. The van der Waals surface area contributed by atoms with Gasteiger partial charge in [0.1, 0.15) is 9.84 Å². The SMILES string of the molecule is CC1(C(N)C2CCCC(S(C)(=O)=O)C2)CCCCO1. The molecule has 0 bridgehead atoms. The van der Waals surface area contributed by atoms with Gasteiger partial charge in [-0.05, 0) is 51.4 Å². The Bertz CT molecular complexity index is 401. The van der Waals surface area contributed by atoms with E-state index in [1.54, 1.807) is 0 Å². The van der Waals surface area contributed by atoms with Gasteiger partial charge >= 0.3 is 0 Å². The molecule has 1 aliphatic carbocycles. The Balaban J connectivity index is 2.04. The van der Waals surface area contributed by atoms with E-state index in [1.165, 1.54) is 6.26 Å². The van der Waals surface area contributed by atoms with Gasteiger partial charge in [0.2, 0.25) is 0 Å². The van der Waals surface area contributed by atoms with E-state index in [9.17, 15) is 8.42 Å². The highest BCUT2D eigenvalue weighted by Crippen LogP contribution is 2.37. The van der Waals surface area contributed by atoms with Gasteiger partial charge in [-0.25, -0.2) is 8.42 Å². The van der Waals surface area contributed by atoms with Gasteiger partial charge < -0.3 is 10.5 Å². The number of hydrogen-bond donors (Lipinski definition) is 1. The van der Waals surface area contributed by atoms with E-state index >= 15 is 0 Å². The van der Waals surface area contributed by atoms with Gasteiger partial charge in [-0.2, -0.15) is 0 Å². The van der Waals surface area contributed by atoms with Crippen molar-refractivity contribution in [3.8, 4) is 0 Å². The van der Waals surface area contributed by atoms with Gasteiger partial charge in [-0.15, -0.1) is 0 Å². The van der Waals surface area contributed by atoms with E-state index in [2.05, 4.69) is 6.92 Å². The van der Waals surface area contributed by atoms with Gasteiger partial charge in [0.25, 0.3) is 0 Å². The minimum absolute atomic E-state index is 0.0441. The molecule has 0 radical (unpaired) electrons. The van der Waals surface area contributed by atoms with Crippen molar-refractivity contribution in [3.05, 3.63) is 0 Å². The third-order valence-electron chi connectivity index (χ3n) is 4.98. The molecule has 1 saturated heterocycles. The van der Waals surface area contributed by atoms with Crippen LogP contribution in [0.2, 0.25) is 0 Å². The van der Waals surface area contributed by atoms with E-state index in [1.807, 2.05) is 0 Å². The third-order valence-corrected chi connectivity index (χ3v) is 6.62. The number of rotatable bonds is 3. The first kappa shape index (κ1) is 15.3. The van der Waals surface area contributed by atoms with Gasteiger partial charge in [-0.3, -0.25) is 0 Å². The molecule has 1 heterocycles. The van der Waals surface area contributed by atoms with Crippen LogP contribution in [0.1, 0.15) is 51.9 Å². The molecule has 4 nitrogen and oxygen atoms in total. The van der Waals surface area contributed by atoms with Crippen molar-refractivity contribution in [1.82, 2.24) is 0 Å². The lowest BCUT2D eigenvalue weighted by molar-refractivity contribution is -0.0943. The summed E-state index contributed by atoms with van der Waals surface area (Å²) in [6.07, 6.45) is 8.11. The second-order valence-electron chi connectivity index (χ2n) is 6.52. The molecule has 1 aliphatic heterocycles. The summed E-state index contributed by atoms with van der Waals surface area (Å²) in [7, 11) is -2.94. The Morgan fingerprint density at radius 3 is 2.58 bits per heavy atom. The fraction of sp³-hybridized carbons (Fsp3) is 1.00. The lowest BCUT2D eigenvalue weighted by atomic mass is 9.75. The summed E-state index contributed by atoms with van der Waals surface area (Å²) in [5.41, 5.74) is 6.18. The van der Waals surface area contributed by atoms with Crippen molar-refractivity contribution in [2.45, 2.75) is 68.8 Å². The summed E-state index contributed by atoms with van der Waals surface area (Å²) in [5, 5.41) is -0.204. The lowest BCUT2D eigenvalue weighted by Gasteiger charge is -2.44. The van der Waals surface area contributed by atoms with Crippen LogP contribution in [-0.4, -0.2) is 38.2 Å². The van der Waals surface area contributed by atoms with Gasteiger partial charge in [-0.1, -0.05) is 6.42 Å². The zero-order valence-corrected chi connectivity index (χ0v) is 12.9. The monoisotopic (exact) mass is 289 g/mol. The molecule has 2 aliphatic rings. The zero-order valence-electron chi connectivity index (χ0n) is 12.1. The Labute approximate surface area is 117 Å². The first-order valence-electron chi connectivity index (χ1n) is 7.41. The van der Waals surface area contributed by atoms with Gasteiger partial charge in [0, 0.05) is 18.9 Å². The molecule has 19 heavy (non-hydrogen) atoms. The van der Waals surface area contributed by atoms with Gasteiger partial charge in [0.05, 0.1) is 10.9 Å². The van der Waals surface area contributed by atoms with Crippen molar-refractivity contribution < 1.29 is 13.2 Å². The van der Waals surface area contributed by atoms with E-state index in [0.29, 0.717) is 6.42 Å². The van der Waals surface area contributed by atoms with Crippen molar-refractivity contribution in [1.29, 1.82) is 0 Å². The predicted octanol–water partition coefficient (Wildman–Crippen LogP) is 1.88. The van der Waals surface area contributed by atoms with Crippen molar-refractivity contribution in [2.75, 3.05) is 12.9 Å². The molecule has 2 N–H and O–H groups in total. The van der Waals surface area contributed by atoms with Crippen molar-refractivity contribution in [2.24, 2.45) is 11.7 Å². The van der Waals surface area contributed by atoms with Crippen LogP contribution < -0.4 is 5.73 Å². The highest BCUT2D eigenvalue weighted by molar-refractivity contribution is 7.91. The van der Waals surface area contributed by atoms with E-state index in [-0.39, 0.29) is 22.8 Å². The maximum Gasteiger partial charge on any atom is 0.150 e. The van der Waals surface area contributed by atoms with Crippen LogP contribution in [0.5, 0.6) is 0 Å². The van der Waals surface area contributed by atoms with Crippen molar-refractivity contribution >= 4 is 9.84 Å². The molecule has 0 aromatic carbocycles. The minimum Gasteiger partial charge on any atom is -0.374 e. The average molecular weight is 289 g/mol. The molecule has 0 aromatic rings. The molecule has 1 saturated carbocycles. The summed E-state index contributed by atoms with van der Waals surface area (Å²) in [5.74, 6) is 0.275. The van der Waals surface area contributed by atoms with E-state index < -0.39 is 9.84 Å². The first-order chi connectivity index (χ1) is 8.83. The molecule has 0 aromatic heterocycles. The second-order valence-corrected chi connectivity index (χ2v) is 8.85. The first-order valence-corrected chi connectivity index (χ1v) is 9.37. The lowest BCUT2D eigenvalue weighted by Crippen LogP contribution is -2.54. The Morgan fingerprint density at radius 2 is 2.00 bits per heavy atom. The molecule has 112 valence electrons. The second kappa shape index (κ2) is 5.70. The van der Waals surface area contributed by atoms with E-state index in [0.717, 1.165) is 45.1 Å². The van der Waals surface area contributed by atoms with Crippen molar-refractivity contribution in [3.63, 3.8) is 0 Å². The molecule has 2 rings (SSSR count). The average Bonchev–Trinajstić information content (AvgIpc) is 2.38. The Kier molecular flexibility index (Phi) is 4.58. The minimum atomic E-state index is -2.94. The van der Waals surface area contributed by atoms with Crippen LogP contribution in [0.25, 0.3) is 0 Å². The molecule has 5 heteroatoms. The molecule has 4 atom stereocenters.